The molecular weight excluding hydrogens is 444 g/mol. The molecule has 1 fully saturated rings. The number of nitrogens with one attached hydrogen (secondary N) is 2. The number of hydrogen-bond acceptors (Lipinski definition) is 4. The van der Waals surface area contributed by atoms with E-state index in [0.717, 1.165) is 24.0 Å². The topological polar surface area (TPSA) is 105 Å². The maximum absolute atomic E-state index is 12.7. The van der Waals surface area contributed by atoms with Gasteiger partial charge in [0, 0.05) is 24.9 Å². The quantitative estimate of drug-likeness (QED) is 0.439. The fourth-order valence-electron chi connectivity index (χ4n) is 4.96. The van der Waals surface area contributed by atoms with E-state index in [1.165, 1.54) is 11.1 Å². The highest BCUT2D eigenvalue weighted by molar-refractivity contribution is 5.79. The van der Waals surface area contributed by atoms with Crippen LogP contribution in [-0.4, -0.2) is 42.3 Å². The summed E-state index contributed by atoms with van der Waals surface area (Å²) < 4.78 is 5.64. The number of benzene rings is 2. The number of ether oxygens (including phenoxy) is 1. The molecule has 2 atom stereocenters. The SMILES string of the molecule is CC(C)C(CC(=O)NCC(CC(=O)O)C1CC1)NC(=O)OCC1c2ccccc2-c2ccccc21. The molecular formula is C28H34N2O5. The number of amides is 2. The van der Waals surface area contributed by atoms with E-state index in [-0.39, 0.29) is 49.2 Å². The Hall–Kier alpha value is -3.35. The molecule has 2 aliphatic rings. The number of fused-ring (bicyclic) bond motifs is 3. The fourth-order valence-corrected chi connectivity index (χ4v) is 4.96. The lowest BCUT2D eigenvalue weighted by atomic mass is 9.98. The van der Waals surface area contributed by atoms with E-state index in [0.29, 0.717) is 12.5 Å². The Kier molecular flexibility index (Phi) is 7.73. The molecule has 0 radical (unpaired) electrons. The third-order valence-electron chi connectivity index (χ3n) is 7.14. The first-order valence-electron chi connectivity index (χ1n) is 12.4. The van der Waals surface area contributed by atoms with Gasteiger partial charge in [0.1, 0.15) is 6.61 Å². The molecule has 0 bridgehead atoms. The number of alkyl carbamates (subject to hydrolysis) is 1. The molecule has 2 aliphatic carbocycles. The van der Waals surface area contributed by atoms with Crippen molar-refractivity contribution in [1.29, 1.82) is 0 Å². The zero-order valence-corrected chi connectivity index (χ0v) is 20.3. The van der Waals surface area contributed by atoms with Crippen LogP contribution in [0.3, 0.4) is 0 Å². The van der Waals surface area contributed by atoms with Crippen molar-refractivity contribution in [1.82, 2.24) is 10.6 Å². The third kappa shape index (κ3) is 6.21. The largest absolute Gasteiger partial charge is 0.481 e. The molecule has 2 amide bonds. The predicted molar refractivity (Wildman–Crippen MR) is 133 cm³/mol. The number of aliphatic carboxylic acids is 1. The number of hydrogen-bond donors (Lipinski definition) is 3. The van der Waals surface area contributed by atoms with Gasteiger partial charge in [-0.2, -0.15) is 0 Å². The van der Waals surface area contributed by atoms with Gasteiger partial charge in [-0.3, -0.25) is 9.59 Å². The predicted octanol–water partition coefficient (Wildman–Crippen LogP) is 4.56. The lowest BCUT2D eigenvalue weighted by Gasteiger charge is -2.23. The smallest absolute Gasteiger partial charge is 0.407 e. The van der Waals surface area contributed by atoms with Gasteiger partial charge in [0.15, 0.2) is 0 Å². The number of carboxylic acids is 1. The van der Waals surface area contributed by atoms with E-state index in [1.807, 2.05) is 38.1 Å². The molecule has 0 heterocycles. The first-order chi connectivity index (χ1) is 16.8. The number of carbonyl (C=O) groups excluding carboxylic acids is 2. The number of rotatable bonds is 11. The van der Waals surface area contributed by atoms with Gasteiger partial charge in [-0.1, -0.05) is 62.4 Å². The van der Waals surface area contributed by atoms with Crippen LogP contribution < -0.4 is 10.6 Å². The molecule has 0 saturated heterocycles. The van der Waals surface area contributed by atoms with Gasteiger partial charge in [0.05, 0.1) is 6.42 Å². The van der Waals surface area contributed by atoms with Gasteiger partial charge in [0.25, 0.3) is 0 Å². The molecule has 2 unspecified atom stereocenters. The molecule has 0 aliphatic heterocycles. The van der Waals surface area contributed by atoms with E-state index in [1.54, 1.807) is 0 Å². The zero-order valence-electron chi connectivity index (χ0n) is 20.3. The van der Waals surface area contributed by atoms with Crippen molar-refractivity contribution in [3.8, 4) is 11.1 Å². The molecule has 7 heteroatoms. The van der Waals surface area contributed by atoms with E-state index >= 15 is 0 Å². The average molecular weight is 479 g/mol. The summed E-state index contributed by atoms with van der Waals surface area (Å²) in [6.45, 7) is 4.46. The van der Waals surface area contributed by atoms with Crippen LogP contribution >= 0.6 is 0 Å². The second-order valence-corrected chi connectivity index (χ2v) is 10.0. The van der Waals surface area contributed by atoms with Crippen molar-refractivity contribution >= 4 is 18.0 Å². The van der Waals surface area contributed by atoms with Crippen LogP contribution in [0.25, 0.3) is 11.1 Å². The fraction of sp³-hybridized carbons (Fsp3) is 0.464. The average Bonchev–Trinajstić information content (AvgIpc) is 3.62. The molecule has 7 nitrogen and oxygen atoms in total. The van der Waals surface area contributed by atoms with Crippen LogP contribution in [-0.2, 0) is 14.3 Å². The minimum absolute atomic E-state index is 0.0254. The van der Waals surface area contributed by atoms with Crippen molar-refractivity contribution < 1.29 is 24.2 Å². The highest BCUT2D eigenvalue weighted by Crippen LogP contribution is 2.44. The molecule has 0 aromatic heterocycles. The van der Waals surface area contributed by atoms with Crippen LogP contribution in [0.2, 0.25) is 0 Å². The summed E-state index contributed by atoms with van der Waals surface area (Å²) >= 11 is 0. The van der Waals surface area contributed by atoms with Gasteiger partial charge >= 0.3 is 12.1 Å². The Morgan fingerprint density at radius 1 is 0.971 bits per heavy atom. The number of carboxylic acid groups (broad SMARTS) is 1. The molecule has 0 spiro atoms. The highest BCUT2D eigenvalue weighted by Gasteiger charge is 2.33. The van der Waals surface area contributed by atoms with Gasteiger partial charge < -0.3 is 20.5 Å². The Morgan fingerprint density at radius 3 is 2.11 bits per heavy atom. The zero-order chi connectivity index (χ0) is 24.9. The van der Waals surface area contributed by atoms with Gasteiger partial charge in [-0.25, -0.2) is 4.79 Å². The summed E-state index contributed by atoms with van der Waals surface area (Å²) in [4.78, 5) is 36.3. The summed E-state index contributed by atoms with van der Waals surface area (Å²) in [5, 5.41) is 14.8. The van der Waals surface area contributed by atoms with Crippen molar-refractivity contribution in [3.05, 3.63) is 59.7 Å². The molecule has 1 saturated carbocycles. The first kappa shape index (κ1) is 24.8. The van der Waals surface area contributed by atoms with E-state index in [9.17, 15) is 14.4 Å². The Morgan fingerprint density at radius 2 is 1.57 bits per heavy atom. The standard InChI is InChI=1S/C28H34N2O5/c1-17(2)25(14-26(31)29-15-19(13-27(32)33)18-11-12-18)30-28(34)35-16-24-22-9-5-3-7-20(22)21-8-4-6-10-23(21)24/h3-10,17-19,24-25H,11-16H2,1-2H3,(H,29,31)(H,30,34)(H,32,33). The molecule has 2 aromatic carbocycles. The Labute approximate surface area is 206 Å². The van der Waals surface area contributed by atoms with Gasteiger partial charge in [0.2, 0.25) is 5.91 Å². The second-order valence-electron chi connectivity index (χ2n) is 10.0. The van der Waals surface area contributed by atoms with Crippen LogP contribution in [0.15, 0.2) is 48.5 Å². The lowest BCUT2D eigenvalue weighted by Crippen LogP contribution is -2.43. The Bertz CT molecular complexity index is 1030. The molecule has 2 aromatic rings. The van der Waals surface area contributed by atoms with Crippen molar-refractivity contribution in [2.24, 2.45) is 17.8 Å². The Balaban J connectivity index is 1.30. The monoisotopic (exact) mass is 478 g/mol. The van der Waals surface area contributed by atoms with Crippen LogP contribution in [0.4, 0.5) is 4.79 Å². The van der Waals surface area contributed by atoms with Crippen molar-refractivity contribution in [2.45, 2.75) is 51.5 Å². The molecule has 35 heavy (non-hydrogen) atoms. The van der Waals surface area contributed by atoms with Crippen molar-refractivity contribution in [2.75, 3.05) is 13.2 Å². The highest BCUT2D eigenvalue weighted by atomic mass is 16.5. The second kappa shape index (κ2) is 10.9. The van der Waals surface area contributed by atoms with E-state index in [2.05, 4.69) is 34.9 Å². The first-order valence-corrected chi connectivity index (χ1v) is 12.4. The van der Waals surface area contributed by atoms with Crippen LogP contribution in [0.1, 0.15) is 56.6 Å². The number of carbonyl (C=O) groups is 3. The van der Waals surface area contributed by atoms with Gasteiger partial charge in [-0.15, -0.1) is 0 Å². The van der Waals surface area contributed by atoms with Crippen LogP contribution in [0.5, 0.6) is 0 Å². The summed E-state index contributed by atoms with van der Waals surface area (Å²) in [5.74, 6) is -0.691. The summed E-state index contributed by atoms with van der Waals surface area (Å²) in [5.41, 5.74) is 4.63. The van der Waals surface area contributed by atoms with E-state index < -0.39 is 12.1 Å². The molecule has 4 rings (SSSR count). The van der Waals surface area contributed by atoms with E-state index in [4.69, 9.17) is 9.84 Å². The normalized spacial score (nSPS) is 16.2. The summed E-state index contributed by atoms with van der Waals surface area (Å²) in [6.07, 6.45) is 1.68. The summed E-state index contributed by atoms with van der Waals surface area (Å²) in [6, 6.07) is 16.0. The molecule has 186 valence electrons. The van der Waals surface area contributed by atoms with Crippen LogP contribution in [0, 0.1) is 17.8 Å². The van der Waals surface area contributed by atoms with Crippen molar-refractivity contribution in [3.63, 3.8) is 0 Å². The summed E-state index contributed by atoms with van der Waals surface area (Å²) in [7, 11) is 0. The minimum Gasteiger partial charge on any atom is -0.481 e. The maximum Gasteiger partial charge on any atom is 0.407 e. The lowest BCUT2D eigenvalue weighted by molar-refractivity contribution is -0.138. The molecule has 3 N–H and O–H groups in total. The third-order valence-corrected chi connectivity index (χ3v) is 7.14. The maximum atomic E-state index is 12.7. The van der Waals surface area contributed by atoms with Gasteiger partial charge in [-0.05, 0) is 52.8 Å². The minimum atomic E-state index is -0.840.